The maximum absolute atomic E-state index is 12.6. The highest BCUT2D eigenvalue weighted by molar-refractivity contribution is 7.89. The number of benzene rings is 2. The molecule has 2 rings (SSSR count). The summed E-state index contributed by atoms with van der Waals surface area (Å²) in [6.45, 7) is 0. The number of rotatable bonds is 6. The molecule has 1 atom stereocenters. The van der Waals surface area contributed by atoms with Gasteiger partial charge in [-0.2, -0.15) is 17.4 Å². The molecular formula is C15H18N2O4S2. The molecule has 2 aromatic carbocycles. The number of nitrogens with one attached hydrogen (secondary N) is 1. The Hall–Kier alpha value is -1.77. The van der Waals surface area contributed by atoms with E-state index in [1.54, 1.807) is 18.2 Å². The Kier molecular flexibility index (Phi) is 5.18. The van der Waals surface area contributed by atoms with Gasteiger partial charge in [-0.3, -0.25) is 4.79 Å². The second kappa shape index (κ2) is 6.77. The molecule has 2 aromatic rings. The predicted octanol–water partition coefficient (Wildman–Crippen LogP) is 1.57. The van der Waals surface area contributed by atoms with E-state index >= 15 is 0 Å². The smallest absolute Gasteiger partial charge is 0.322 e. The van der Waals surface area contributed by atoms with Gasteiger partial charge in [-0.25, -0.2) is 8.42 Å². The van der Waals surface area contributed by atoms with Gasteiger partial charge in [-0.05, 0) is 12.1 Å². The number of hydrogen-bond donors (Lipinski definition) is 3. The molecule has 0 saturated heterocycles. The first-order valence-electron chi connectivity index (χ1n) is 6.83. The van der Waals surface area contributed by atoms with Crippen LogP contribution in [0.3, 0.4) is 0 Å². The van der Waals surface area contributed by atoms with Crippen molar-refractivity contribution in [3.63, 3.8) is 0 Å². The fraction of sp³-hybridized carbons (Fsp3) is 0.267. The minimum absolute atomic E-state index is 0.0479. The second-order valence-corrected chi connectivity index (χ2v) is 7.27. The third kappa shape index (κ3) is 3.60. The van der Waals surface area contributed by atoms with Crippen molar-refractivity contribution in [2.24, 2.45) is 0 Å². The van der Waals surface area contributed by atoms with Crippen LogP contribution in [0.25, 0.3) is 10.8 Å². The first-order valence-corrected chi connectivity index (χ1v) is 8.94. The highest BCUT2D eigenvalue weighted by atomic mass is 32.2. The van der Waals surface area contributed by atoms with Gasteiger partial charge in [0.2, 0.25) is 10.0 Å². The summed E-state index contributed by atoms with van der Waals surface area (Å²) in [5, 5.41) is 10.3. The Morgan fingerprint density at radius 1 is 1.22 bits per heavy atom. The average Bonchev–Trinajstić information content (AvgIpc) is 2.50. The topological polar surface area (TPSA) is 86.7 Å². The van der Waals surface area contributed by atoms with Crippen LogP contribution in [0.4, 0.5) is 5.69 Å². The fourth-order valence-corrected chi connectivity index (χ4v) is 4.09. The van der Waals surface area contributed by atoms with Crippen LogP contribution in [-0.4, -0.2) is 45.4 Å². The molecular weight excluding hydrogens is 336 g/mol. The number of thiol groups is 1. The Bertz CT molecular complexity index is 834. The normalized spacial score (nSPS) is 13.0. The first kappa shape index (κ1) is 17.6. The van der Waals surface area contributed by atoms with E-state index in [9.17, 15) is 13.2 Å². The minimum Gasteiger partial charge on any atom is -0.480 e. The van der Waals surface area contributed by atoms with E-state index in [0.29, 0.717) is 5.39 Å². The molecule has 0 radical (unpaired) electrons. The number of anilines is 1. The van der Waals surface area contributed by atoms with Gasteiger partial charge in [-0.1, -0.05) is 24.3 Å². The van der Waals surface area contributed by atoms with Crippen LogP contribution >= 0.6 is 12.6 Å². The SMILES string of the molecule is CN(C)c1cccc2c(S(=O)(=O)N[C@H](CS)C(=O)O)cccc12. The molecule has 0 aliphatic rings. The molecule has 8 heteroatoms. The second-order valence-electron chi connectivity index (χ2n) is 5.22. The fourth-order valence-electron chi connectivity index (χ4n) is 2.31. The molecule has 0 aliphatic carbocycles. The standard InChI is InChI=1S/C15H18N2O4S2/c1-17(2)13-7-3-6-11-10(13)5-4-8-14(11)23(20,21)16-12(9-22)15(18)19/h3-8,12,16,22H,9H2,1-2H3,(H,18,19)/t12-/m1/s1. The Labute approximate surface area is 140 Å². The lowest BCUT2D eigenvalue weighted by molar-refractivity contribution is -0.138. The number of sulfonamides is 1. The largest absolute Gasteiger partial charge is 0.480 e. The zero-order valence-corrected chi connectivity index (χ0v) is 14.4. The van der Waals surface area contributed by atoms with Crippen LogP contribution in [0.1, 0.15) is 0 Å². The summed E-state index contributed by atoms with van der Waals surface area (Å²) >= 11 is 3.88. The van der Waals surface area contributed by atoms with Crippen LogP contribution in [0.5, 0.6) is 0 Å². The lowest BCUT2D eigenvalue weighted by atomic mass is 10.1. The molecule has 2 N–H and O–H groups in total. The molecule has 0 fully saturated rings. The lowest BCUT2D eigenvalue weighted by Crippen LogP contribution is -2.42. The Morgan fingerprint density at radius 2 is 1.83 bits per heavy atom. The van der Waals surface area contributed by atoms with Crippen molar-refractivity contribution in [2.45, 2.75) is 10.9 Å². The van der Waals surface area contributed by atoms with Crippen LogP contribution in [0, 0.1) is 0 Å². The first-order chi connectivity index (χ1) is 10.8. The van der Waals surface area contributed by atoms with E-state index in [-0.39, 0.29) is 10.6 Å². The molecule has 0 heterocycles. The van der Waals surface area contributed by atoms with Crippen molar-refractivity contribution in [1.29, 1.82) is 0 Å². The molecule has 6 nitrogen and oxygen atoms in total. The van der Waals surface area contributed by atoms with E-state index in [2.05, 4.69) is 17.4 Å². The predicted molar refractivity (Wildman–Crippen MR) is 93.9 cm³/mol. The molecule has 0 amide bonds. The molecule has 0 saturated carbocycles. The summed E-state index contributed by atoms with van der Waals surface area (Å²) < 4.78 is 27.3. The Morgan fingerprint density at radius 3 is 2.39 bits per heavy atom. The number of carbonyl (C=O) groups is 1. The number of fused-ring (bicyclic) bond motifs is 1. The molecule has 0 bridgehead atoms. The van der Waals surface area contributed by atoms with Crippen molar-refractivity contribution in [3.05, 3.63) is 36.4 Å². The van der Waals surface area contributed by atoms with Crippen molar-refractivity contribution >= 4 is 45.1 Å². The summed E-state index contributed by atoms with van der Waals surface area (Å²) in [4.78, 5) is 13.0. The van der Waals surface area contributed by atoms with Crippen molar-refractivity contribution in [1.82, 2.24) is 4.72 Å². The maximum atomic E-state index is 12.6. The van der Waals surface area contributed by atoms with Crippen LogP contribution in [-0.2, 0) is 14.8 Å². The van der Waals surface area contributed by atoms with Crippen molar-refractivity contribution in [3.8, 4) is 0 Å². The number of carboxylic acid groups (broad SMARTS) is 1. The van der Waals surface area contributed by atoms with E-state index < -0.39 is 22.0 Å². The highest BCUT2D eigenvalue weighted by Gasteiger charge is 2.25. The maximum Gasteiger partial charge on any atom is 0.322 e. The monoisotopic (exact) mass is 354 g/mol. The lowest BCUT2D eigenvalue weighted by Gasteiger charge is -2.18. The third-order valence-electron chi connectivity index (χ3n) is 3.41. The number of nitrogens with zero attached hydrogens (tertiary/aromatic N) is 1. The summed E-state index contributed by atoms with van der Waals surface area (Å²) in [5.41, 5.74) is 0.878. The van der Waals surface area contributed by atoms with Crippen molar-refractivity contribution < 1.29 is 18.3 Å². The Balaban J connectivity index is 2.59. The summed E-state index contributed by atoms with van der Waals surface area (Å²) in [7, 11) is -0.243. The van der Waals surface area contributed by atoms with E-state index in [4.69, 9.17) is 5.11 Å². The number of carboxylic acids is 1. The highest BCUT2D eigenvalue weighted by Crippen LogP contribution is 2.30. The van der Waals surface area contributed by atoms with Gasteiger partial charge in [0, 0.05) is 36.3 Å². The number of hydrogen-bond acceptors (Lipinski definition) is 5. The van der Waals surface area contributed by atoms with E-state index in [1.165, 1.54) is 6.07 Å². The molecule has 124 valence electrons. The van der Waals surface area contributed by atoms with Gasteiger partial charge in [0.1, 0.15) is 6.04 Å². The van der Waals surface area contributed by atoms with Gasteiger partial charge >= 0.3 is 5.97 Å². The zero-order valence-electron chi connectivity index (χ0n) is 12.7. The molecule has 0 aromatic heterocycles. The van der Waals surface area contributed by atoms with Gasteiger partial charge in [-0.15, -0.1) is 0 Å². The van der Waals surface area contributed by atoms with E-state index in [1.807, 2.05) is 31.1 Å². The van der Waals surface area contributed by atoms with Crippen LogP contribution < -0.4 is 9.62 Å². The van der Waals surface area contributed by atoms with Crippen molar-refractivity contribution in [2.75, 3.05) is 24.7 Å². The molecule has 0 spiro atoms. The molecule has 0 unspecified atom stereocenters. The zero-order chi connectivity index (χ0) is 17.2. The van der Waals surface area contributed by atoms with Gasteiger partial charge in [0.25, 0.3) is 0 Å². The third-order valence-corrected chi connectivity index (χ3v) is 5.30. The number of aliphatic carboxylic acids is 1. The molecule has 0 aliphatic heterocycles. The minimum atomic E-state index is -3.98. The summed E-state index contributed by atoms with van der Waals surface area (Å²) in [6, 6.07) is 9.01. The van der Waals surface area contributed by atoms with E-state index in [0.717, 1.165) is 11.1 Å². The summed E-state index contributed by atoms with van der Waals surface area (Å²) in [5.74, 6) is -1.40. The summed E-state index contributed by atoms with van der Waals surface area (Å²) in [6.07, 6.45) is 0. The average molecular weight is 354 g/mol. The van der Waals surface area contributed by atoms with Crippen LogP contribution in [0.15, 0.2) is 41.3 Å². The van der Waals surface area contributed by atoms with Crippen LogP contribution in [0.2, 0.25) is 0 Å². The van der Waals surface area contributed by atoms with Gasteiger partial charge < -0.3 is 10.0 Å². The molecule has 23 heavy (non-hydrogen) atoms. The quantitative estimate of drug-likeness (QED) is 0.686. The van der Waals surface area contributed by atoms with Gasteiger partial charge in [0.05, 0.1) is 4.90 Å². The van der Waals surface area contributed by atoms with Gasteiger partial charge in [0.15, 0.2) is 0 Å².